The van der Waals surface area contributed by atoms with Crippen LogP contribution in [0, 0.1) is 0 Å². The number of aliphatic hydroxyl groups is 3. The fourth-order valence-electron chi connectivity index (χ4n) is 1.77. The number of hydrogen-bond donors (Lipinski definition) is 5. The minimum absolute atomic E-state index is 0. The van der Waals surface area contributed by atoms with Crippen LogP contribution in [0.1, 0.15) is 0 Å². The van der Waals surface area contributed by atoms with Gasteiger partial charge in [-0.1, -0.05) is 0 Å². The smallest absolute Gasteiger partial charge is 0.327 e. The molecule has 0 bridgehead atoms. The second kappa shape index (κ2) is 5.67. The van der Waals surface area contributed by atoms with E-state index in [1.165, 1.54) is 0 Å². The van der Waals surface area contributed by atoms with Crippen molar-refractivity contribution in [3.05, 3.63) is 0 Å². The highest BCUT2D eigenvalue weighted by Crippen LogP contribution is 2.24. The first kappa shape index (κ1) is 14.9. The van der Waals surface area contributed by atoms with E-state index in [1.54, 1.807) is 0 Å². The standard InChI is InChI=1S/C8H14N4O5.ClH/c9-7-10-2-12(8(16)11-7)6-5(15)4(14)3(1-13)17-6;/h3-6,13-15H,1-2H2,(H3,9,10,11,16);1H. The van der Waals surface area contributed by atoms with Gasteiger partial charge < -0.3 is 25.8 Å². The normalized spacial score (nSPS) is 35.8. The zero-order valence-corrected chi connectivity index (χ0v) is 10.1. The number of rotatable bonds is 2. The summed E-state index contributed by atoms with van der Waals surface area (Å²) in [5.74, 6) is -0.0157. The minimum atomic E-state index is -1.30. The maximum atomic E-state index is 11.6. The fourth-order valence-corrected chi connectivity index (χ4v) is 1.77. The fraction of sp³-hybridized carbons (Fsp3) is 0.750. The summed E-state index contributed by atoms with van der Waals surface area (Å²) in [6.07, 6.45) is -4.53. The average Bonchev–Trinajstić information content (AvgIpc) is 2.57. The van der Waals surface area contributed by atoms with Gasteiger partial charge in [0.05, 0.1) is 6.61 Å². The lowest BCUT2D eigenvalue weighted by atomic mass is 10.1. The van der Waals surface area contributed by atoms with Crippen LogP contribution in [0.5, 0.6) is 0 Å². The molecule has 0 aromatic carbocycles. The number of carbonyl (C=O) groups is 1. The Balaban J connectivity index is 0.00000162. The third-order valence-electron chi connectivity index (χ3n) is 2.71. The Morgan fingerprint density at radius 3 is 2.67 bits per heavy atom. The lowest BCUT2D eigenvalue weighted by molar-refractivity contribution is -0.0787. The van der Waals surface area contributed by atoms with E-state index in [2.05, 4.69) is 10.3 Å². The van der Waals surface area contributed by atoms with E-state index >= 15 is 0 Å². The highest BCUT2D eigenvalue weighted by atomic mass is 35.5. The number of amides is 2. The summed E-state index contributed by atoms with van der Waals surface area (Å²) in [7, 11) is 0. The second-order valence-electron chi connectivity index (χ2n) is 3.81. The number of hydrogen-bond acceptors (Lipinski definition) is 7. The summed E-state index contributed by atoms with van der Waals surface area (Å²) in [5.41, 5.74) is 5.30. The second-order valence-corrected chi connectivity index (χ2v) is 3.81. The van der Waals surface area contributed by atoms with E-state index in [0.717, 1.165) is 4.90 Å². The Morgan fingerprint density at radius 2 is 2.17 bits per heavy atom. The van der Waals surface area contributed by atoms with Gasteiger partial charge in [0.25, 0.3) is 0 Å². The van der Waals surface area contributed by atoms with Crippen LogP contribution in [0.2, 0.25) is 0 Å². The number of halogens is 1. The molecule has 4 unspecified atom stereocenters. The molecule has 0 aromatic rings. The van der Waals surface area contributed by atoms with Crippen LogP contribution in [0.4, 0.5) is 4.79 Å². The molecule has 10 heteroatoms. The van der Waals surface area contributed by atoms with Gasteiger partial charge in [0.1, 0.15) is 25.0 Å². The molecule has 2 heterocycles. The molecule has 0 aromatic heterocycles. The van der Waals surface area contributed by atoms with Crippen LogP contribution in [0.3, 0.4) is 0 Å². The molecule has 104 valence electrons. The molecular formula is C8H15ClN4O5. The predicted molar refractivity (Wildman–Crippen MR) is 61.9 cm³/mol. The summed E-state index contributed by atoms with van der Waals surface area (Å²) >= 11 is 0. The first-order valence-electron chi connectivity index (χ1n) is 5.04. The van der Waals surface area contributed by atoms with Gasteiger partial charge in [-0.2, -0.15) is 0 Å². The van der Waals surface area contributed by atoms with Gasteiger partial charge in [-0.25, -0.2) is 9.79 Å². The van der Waals surface area contributed by atoms with Gasteiger partial charge in [0.15, 0.2) is 12.2 Å². The van der Waals surface area contributed by atoms with E-state index in [9.17, 15) is 15.0 Å². The maximum Gasteiger partial charge on any atom is 0.327 e. The third-order valence-corrected chi connectivity index (χ3v) is 2.71. The highest BCUT2D eigenvalue weighted by molar-refractivity contribution is 5.96. The first-order chi connectivity index (χ1) is 8.04. The Hall–Kier alpha value is -1.13. The Morgan fingerprint density at radius 1 is 1.50 bits per heavy atom. The van der Waals surface area contributed by atoms with Crippen LogP contribution < -0.4 is 11.1 Å². The molecule has 0 aliphatic carbocycles. The maximum absolute atomic E-state index is 11.6. The van der Waals surface area contributed by atoms with Crippen molar-refractivity contribution in [3.8, 4) is 0 Å². The summed E-state index contributed by atoms with van der Waals surface area (Å²) in [6, 6.07) is -0.577. The Bertz CT molecular complexity index is 354. The van der Waals surface area contributed by atoms with Crippen LogP contribution in [-0.2, 0) is 4.74 Å². The van der Waals surface area contributed by atoms with E-state index in [1.807, 2.05) is 0 Å². The molecular weight excluding hydrogens is 268 g/mol. The molecule has 18 heavy (non-hydrogen) atoms. The van der Waals surface area contributed by atoms with Gasteiger partial charge in [0, 0.05) is 0 Å². The van der Waals surface area contributed by atoms with Crippen molar-refractivity contribution in [2.24, 2.45) is 10.7 Å². The van der Waals surface area contributed by atoms with Crippen molar-refractivity contribution in [2.45, 2.75) is 24.5 Å². The van der Waals surface area contributed by atoms with Crippen molar-refractivity contribution >= 4 is 24.4 Å². The molecule has 2 aliphatic heterocycles. The van der Waals surface area contributed by atoms with Crippen molar-refractivity contribution in [3.63, 3.8) is 0 Å². The lowest BCUT2D eigenvalue weighted by Gasteiger charge is -2.31. The van der Waals surface area contributed by atoms with Crippen LogP contribution in [0.25, 0.3) is 0 Å². The van der Waals surface area contributed by atoms with Gasteiger partial charge in [-0.15, -0.1) is 12.4 Å². The molecule has 2 rings (SSSR count). The van der Waals surface area contributed by atoms with E-state index in [4.69, 9.17) is 15.6 Å². The molecule has 4 atom stereocenters. The predicted octanol–water partition coefficient (Wildman–Crippen LogP) is -2.86. The van der Waals surface area contributed by atoms with Crippen molar-refractivity contribution < 1.29 is 24.9 Å². The zero-order valence-electron chi connectivity index (χ0n) is 9.26. The molecule has 6 N–H and O–H groups in total. The molecule has 0 saturated carbocycles. The number of aliphatic hydroxyl groups excluding tert-OH is 3. The van der Waals surface area contributed by atoms with Gasteiger partial charge in [-0.05, 0) is 0 Å². The molecule has 1 fully saturated rings. The topological polar surface area (TPSA) is 141 Å². The molecule has 2 amide bonds. The number of ether oxygens (including phenoxy) is 1. The number of guanidine groups is 1. The number of aliphatic imine (C=N–C) groups is 1. The quantitative estimate of drug-likeness (QED) is 0.369. The number of carbonyl (C=O) groups excluding carboxylic acids is 1. The summed E-state index contributed by atoms with van der Waals surface area (Å²) < 4.78 is 5.19. The number of nitrogens with two attached hydrogens (primary N) is 1. The minimum Gasteiger partial charge on any atom is -0.394 e. The molecule has 2 aliphatic rings. The molecule has 0 spiro atoms. The molecule has 0 radical (unpaired) electrons. The van der Waals surface area contributed by atoms with E-state index in [0.29, 0.717) is 0 Å². The van der Waals surface area contributed by atoms with Gasteiger partial charge >= 0.3 is 6.03 Å². The van der Waals surface area contributed by atoms with Crippen molar-refractivity contribution in [1.82, 2.24) is 10.2 Å². The summed E-state index contributed by atoms with van der Waals surface area (Å²) in [6.45, 7) is -0.528. The summed E-state index contributed by atoms with van der Waals surface area (Å²) in [5, 5.41) is 30.4. The van der Waals surface area contributed by atoms with Crippen LogP contribution in [-0.4, -0.2) is 70.0 Å². The highest BCUT2D eigenvalue weighted by Gasteiger charge is 2.47. The Kier molecular flexibility index (Phi) is 4.71. The number of nitrogens with zero attached hydrogens (tertiary/aromatic N) is 2. The lowest BCUT2D eigenvalue weighted by Crippen LogP contribution is -2.56. The van der Waals surface area contributed by atoms with Crippen molar-refractivity contribution in [1.29, 1.82) is 0 Å². The summed E-state index contributed by atoms with van der Waals surface area (Å²) in [4.78, 5) is 16.4. The Labute approximate surface area is 109 Å². The SMILES string of the molecule is Cl.NC1=NCN(C2OC(CO)C(O)C2O)C(=O)N1. The van der Waals surface area contributed by atoms with E-state index < -0.39 is 37.2 Å². The third kappa shape index (κ3) is 2.49. The molecule has 9 nitrogen and oxygen atoms in total. The van der Waals surface area contributed by atoms with Crippen LogP contribution in [0.15, 0.2) is 4.99 Å². The number of urea groups is 1. The monoisotopic (exact) mass is 282 g/mol. The van der Waals surface area contributed by atoms with Crippen LogP contribution >= 0.6 is 12.4 Å². The largest absolute Gasteiger partial charge is 0.394 e. The zero-order chi connectivity index (χ0) is 12.6. The molecule has 1 saturated heterocycles. The van der Waals surface area contributed by atoms with Crippen molar-refractivity contribution in [2.75, 3.05) is 13.3 Å². The van der Waals surface area contributed by atoms with Gasteiger partial charge in [-0.3, -0.25) is 10.2 Å². The van der Waals surface area contributed by atoms with E-state index in [-0.39, 0.29) is 25.0 Å². The first-order valence-corrected chi connectivity index (χ1v) is 5.04. The number of nitrogens with one attached hydrogen (secondary N) is 1. The van der Waals surface area contributed by atoms with Gasteiger partial charge in [0.2, 0.25) is 0 Å². The average molecular weight is 283 g/mol.